The van der Waals surface area contributed by atoms with Gasteiger partial charge in [0.05, 0.1) is 12.5 Å². The maximum Gasteiger partial charge on any atom is 0.287 e. The fourth-order valence-corrected chi connectivity index (χ4v) is 8.20. The third-order valence-electron chi connectivity index (χ3n) is 9.85. The summed E-state index contributed by atoms with van der Waals surface area (Å²) in [5.74, 6) is -1.84. The molecule has 4 fully saturated rings. The molecule has 4 N–H and O–H groups in total. The molecule has 2 aromatic rings. The minimum Gasteiger partial charge on any atom is -0.350 e. The van der Waals surface area contributed by atoms with Crippen molar-refractivity contribution >= 4 is 35.1 Å². The Balaban J connectivity index is 1.26. The molecule has 4 bridgehead atoms. The van der Waals surface area contributed by atoms with Gasteiger partial charge >= 0.3 is 0 Å². The Morgan fingerprint density at radius 2 is 1.82 bits per heavy atom. The molecule has 4 aliphatic rings. The van der Waals surface area contributed by atoms with Gasteiger partial charge in [0.25, 0.3) is 17.4 Å². The van der Waals surface area contributed by atoms with Gasteiger partial charge in [0.1, 0.15) is 24.0 Å². The van der Waals surface area contributed by atoms with Gasteiger partial charge in [-0.1, -0.05) is 13.3 Å². The zero-order chi connectivity index (χ0) is 32.4. The summed E-state index contributed by atoms with van der Waals surface area (Å²) in [6, 6.07) is 1.73. The standard InChI is InChI=1S/C32H43N7O6/c1-4-31-12-20-11-21(13-31)15-32(14-20,18-31)37-26(41)17-39-10-6-7-23(30(39)45)36-27(42)22(8-9-25(40)29(44)34-5-2)35-28(43)24-16-33-19-38(24)3/h6-7,10,16,19-22H,4-5,8-9,11-15,17-18H2,1-3H3,(H,34,44)(H,35,43)(H,36,42)(H,37,41)/t20?,21?,22-,31?,32?/m0/s1. The van der Waals surface area contributed by atoms with Crippen molar-refractivity contribution < 1.29 is 24.0 Å². The highest BCUT2D eigenvalue weighted by atomic mass is 16.2. The molecule has 2 heterocycles. The van der Waals surface area contributed by atoms with Crippen molar-refractivity contribution in [2.24, 2.45) is 24.3 Å². The second kappa shape index (κ2) is 13.0. The SMILES string of the molecule is CCNC(=O)C(=O)CC[C@H](NC(=O)c1cncn1C)C(=O)Nc1cccn(CC(=O)NC23CC4CC(CC(CC)(C4)C2)C3)c1=O. The van der Waals surface area contributed by atoms with Crippen LogP contribution in [0.3, 0.4) is 0 Å². The number of hydrogen-bond donors (Lipinski definition) is 4. The second-order valence-electron chi connectivity index (χ2n) is 13.2. The van der Waals surface area contributed by atoms with E-state index in [0.717, 1.165) is 25.7 Å². The number of nitrogens with zero attached hydrogens (tertiary/aromatic N) is 3. The predicted molar refractivity (Wildman–Crippen MR) is 165 cm³/mol. The number of aromatic nitrogens is 3. The van der Waals surface area contributed by atoms with Crippen molar-refractivity contribution in [1.29, 1.82) is 0 Å². The molecule has 4 amide bonds. The van der Waals surface area contributed by atoms with Gasteiger partial charge in [0.2, 0.25) is 17.6 Å². The van der Waals surface area contributed by atoms with Crippen molar-refractivity contribution in [2.75, 3.05) is 11.9 Å². The summed E-state index contributed by atoms with van der Waals surface area (Å²) in [4.78, 5) is 81.1. The van der Waals surface area contributed by atoms with E-state index in [1.54, 1.807) is 20.0 Å². The number of likely N-dealkylation sites (N-methyl/N-ethyl adjacent to an activating group) is 1. The number of carbonyl (C=O) groups excluding carboxylic acids is 5. The topological polar surface area (TPSA) is 173 Å². The number of amides is 4. The minimum atomic E-state index is -1.25. The van der Waals surface area contributed by atoms with E-state index in [1.807, 2.05) is 0 Å². The van der Waals surface area contributed by atoms with E-state index < -0.39 is 35.1 Å². The molecule has 242 valence electrons. The van der Waals surface area contributed by atoms with Crippen LogP contribution in [0.5, 0.6) is 0 Å². The highest BCUT2D eigenvalue weighted by molar-refractivity contribution is 6.36. The molecule has 45 heavy (non-hydrogen) atoms. The quantitative estimate of drug-likeness (QED) is 0.246. The van der Waals surface area contributed by atoms with Gasteiger partial charge in [-0.2, -0.15) is 0 Å². The first kappa shape index (κ1) is 32.1. The summed E-state index contributed by atoms with van der Waals surface area (Å²) in [5, 5.41) is 10.9. The number of ketones is 1. The molecular formula is C32H43N7O6. The molecule has 0 radical (unpaired) electrons. The molecule has 6 rings (SSSR count). The van der Waals surface area contributed by atoms with Gasteiger partial charge in [0.15, 0.2) is 0 Å². The van der Waals surface area contributed by atoms with E-state index in [0.29, 0.717) is 17.3 Å². The second-order valence-corrected chi connectivity index (χ2v) is 13.2. The third kappa shape index (κ3) is 7.02. The normalized spacial score (nSPS) is 25.3. The smallest absolute Gasteiger partial charge is 0.287 e. The lowest BCUT2D eigenvalue weighted by molar-refractivity contribution is -0.138. The van der Waals surface area contributed by atoms with Crippen LogP contribution in [0, 0.1) is 17.3 Å². The fraction of sp³-hybridized carbons (Fsp3) is 0.594. The number of pyridine rings is 1. The molecule has 4 aliphatic carbocycles. The lowest BCUT2D eigenvalue weighted by atomic mass is 9.46. The average molecular weight is 622 g/mol. The van der Waals surface area contributed by atoms with Crippen molar-refractivity contribution in [2.45, 2.75) is 89.8 Å². The van der Waals surface area contributed by atoms with E-state index in [-0.39, 0.29) is 48.8 Å². The Kier molecular flexibility index (Phi) is 9.26. The molecule has 3 atom stereocenters. The minimum absolute atomic E-state index is 0.0788. The Morgan fingerprint density at radius 3 is 2.47 bits per heavy atom. The number of imidazole rings is 1. The van der Waals surface area contributed by atoms with Gasteiger partial charge in [0, 0.05) is 31.7 Å². The Hall–Kier alpha value is -4.29. The zero-order valence-corrected chi connectivity index (χ0v) is 26.2. The summed E-state index contributed by atoms with van der Waals surface area (Å²) in [7, 11) is 1.61. The Morgan fingerprint density at radius 1 is 1.09 bits per heavy atom. The van der Waals surface area contributed by atoms with E-state index in [4.69, 9.17) is 0 Å². The molecule has 4 saturated carbocycles. The van der Waals surface area contributed by atoms with Crippen LogP contribution in [-0.4, -0.2) is 61.7 Å². The Bertz CT molecular complexity index is 1530. The number of anilines is 1. The summed E-state index contributed by atoms with van der Waals surface area (Å²) in [6.45, 7) is 4.00. The van der Waals surface area contributed by atoms with Gasteiger partial charge in [-0.3, -0.25) is 28.8 Å². The maximum atomic E-state index is 13.4. The summed E-state index contributed by atoms with van der Waals surface area (Å²) in [6.07, 6.45) is 11.5. The lowest BCUT2D eigenvalue weighted by Gasteiger charge is -2.62. The van der Waals surface area contributed by atoms with E-state index in [9.17, 15) is 28.8 Å². The largest absolute Gasteiger partial charge is 0.350 e. The molecule has 0 aromatic carbocycles. The summed E-state index contributed by atoms with van der Waals surface area (Å²) in [5.41, 5.74) is -0.403. The van der Waals surface area contributed by atoms with Gasteiger partial charge < -0.3 is 30.4 Å². The summed E-state index contributed by atoms with van der Waals surface area (Å²) < 4.78 is 2.72. The highest BCUT2D eigenvalue weighted by Crippen LogP contribution is 2.62. The molecule has 2 aromatic heterocycles. The first-order chi connectivity index (χ1) is 21.4. The fourth-order valence-electron chi connectivity index (χ4n) is 8.20. The lowest BCUT2D eigenvalue weighted by Crippen LogP contribution is -2.63. The van der Waals surface area contributed by atoms with Crippen molar-refractivity contribution in [3.63, 3.8) is 0 Å². The van der Waals surface area contributed by atoms with Crippen LogP contribution in [0.1, 0.15) is 82.1 Å². The van der Waals surface area contributed by atoms with Gasteiger partial charge in [-0.15, -0.1) is 0 Å². The molecule has 13 heteroatoms. The molecular weight excluding hydrogens is 578 g/mol. The molecule has 0 aliphatic heterocycles. The molecule has 0 saturated heterocycles. The molecule has 0 spiro atoms. The van der Waals surface area contributed by atoms with Crippen LogP contribution in [-0.2, 0) is 32.8 Å². The zero-order valence-electron chi connectivity index (χ0n) is 26.2. The summed E-state index contributed by atoms with van der Waals surface area (Å²) >= 11 is 0. The van der Waals surface area contributed by atoms with E-state index in [2.05, 4.69) is 33.2 Å². The molecule has 2 unspecified atom stereocenters. The third-order valence-corrected chi connectivity index (χ3v) is 9.85. The number of nitrogens with one attached hydrogen (secondary N) is 4. The van der Waals surface area contributed by atoms with Crippen molar-refractivity contribution in [1.82, 2.24) is 30.1 Å². The van der Waals surface area contributed by atoms with Gasteiger partial charge in [-0.25, -0.2) is 4.98 Å². The van der Waals surface area contributed by atoms with Crippen molar-refractivity contribution in [3.05, 3.63) is 46.9 Å². The van der Waals surface area contributed by atoms with E-state index in [1.165, 1.54) is 53.2 Å². The van der Waals surface area contributed by atoms with Crippen LogP contribution < -0.4 is 26.8 Å². The first-order valence-corrected chi connectivity index (χ1v) is 15.8. The maximum absolute atomic E-state index is 13.4. The number of Topliss-reactive ketones (excluding diaryl/α,β-unsaturated/α-hetero) is 1. The Labute approximate surface area is 261 Å². The van der Waals surface area contributed by atoms with Crippen molar-refractivity contribution in [3.8, 4) is 0 Å². The molecule has 13 nitrogen and oxygen atoms in total. The number of hydrogen-bond acceptors (Lipinski definition) is 7. The van der Waals surface area contributed by atoms with Crippen LogP contribution >= 0.6 is 0 Å². The van der Waals surface area contributed by atoms with Crippen LogP contribution in [0.2, 0.25) is 0 Å². The van der Waals surface area contributed by atoms with E-state index >= 15 is 0 Å². The average Bonchev–Trinajstić information content (AvgIpc) is 3.42. The predicted octanol–water partition coefficient (Wildman–Crippen LogP) is 1.67. The number of carbonyl (C=O) groups is 5. The highest BCUT2D eigenvalue weighted by Gasteiger charge is 2.57. The monoisotopic (exact) mass is 621 g/mol. The van der Waals surface area contributed by atoms with Crippen LogP contribution in [0.4, 0.5) is 5.69 Å². The van der Waals surface area contributed by atoms with Crippen LogP contribution in [0.15, 0.2) is 35.6 Å². The van der Waals surface area contributed by atoms with Crippen LogP contribution in [0.25, 0.3) is 0 Å². The number of rotatable bonds is 13. The van der Waals surface area contributed by atoms with Gasteiger partial charge in [-0.05, 0) is 81.3 Å². The first-order valence-electron chi connectivity index (χ1n) is 15.8. The number of aryl methyl sites for hydroxylation is 1.